The fourth-order valence-electron chi connectivity index (χ4n) is 6.18. The molecule has 0 N–H and O–H groups in total. The highest BCUT2D eigenvalue weighted by molar-refractivity contribution is 6.74. The lowest BCUT2D eigenvalue weighted by atomic mass is 9.91. The first kappa shape index (κ1) is 32.6. The fourth-order valence-corrected chi connectivity index (χ4v) is 7.21. The Kier molecular flexibility index (Phi) is 9.90. The number of nitrogens with zero attached hydrogens (tertiary/aromatic N) is 4. The number of piperidine rings is 2. The summed E-state index contributed by atoms with van der Waals surface area (Å²) in [4.78, 5) is 23.6. The van der Waals surface area contributed by atoms with Gasteiger partial charge >= 0.3 is 6.09 Å². The summed E-state index contributed by atoms with van der Waals surface area (Å²) >= 11 is 0. The number of para-hydroxylation sites is 1. The van der Waals surface area contributed by atoms with Gasteiger partial charge in [-0.25, -0.2) is 16.3 Å². The third kappa shape index (κ3) is 7.54. The predicted octanol–water partition coefficient (Wildman–Crippen LogP) is 8.72. The maximum Gasteiger partial charge on any atom is 0.410 e. The van der Waals surface area contributed by atoms with Crippen LogP contribution < -0.4 is 9.33 Å². The average Bonchev–Trinajstić information content (AvgIpc) is 3.05. The molecule has 0 aromatic heterocycles. The zero-order valence-electron chi connectivity index (χ0n) is 27.5. The zero-order chi connectivity index (χ0) is 32.1. The molecule has 2 saturated heterocycles. The van der Waals surface area contributed by atoms with Crippen LogP contribution in [-0.2, 0) is 11.3 Å². The van der Waals surface area contributed by atoms with E-state index in [4.69, 9.17) is 15.7 Å². The first-order chi connectivity index (χ1) is 21.5. The van der Waals surface area contributed by atoms with E-state index in [0.29, 0.717) is 32.0 Å². The Hall–Kier alpha value is -3.80. The Bertz CT molecular complexity index is 1430. The van der Waals surface area contributed by atoms with Crippen molar-refractivity contribution in [3.63, 3.8) is 0 Å². The van der Waals surface area contributed by atoms with Crippen LogP contribution in [0, 0.1) is 6.57 Å². The van der Waals surface area contributed by atoms with Crippen molar-refractivity contribution in [1.82, 2.24) is 9.80 Å². The monoisotopic (exact) mass is 624 g/mol. The van der Waals surface area contributed by atoms with Crippen LogP contribution in [0.5, 0.6) is 5.75 Å². The van der Waals surface area contributed by atoms with Crippen molar-refractivity contribution in [3.05, 3.63) is 102 Å². The molecule has 2 aliphatic rings. The van der Waals surface area contributed by atoms with Gasteiger partial charge in [-0.3, -0.25) is 4.85 Å². The van der Waals surface area contributed by atoms with Crippen LogP contribution in [0.25, 0.3) is 4.85 Å². The first-order valence-corrected chi connectivity index (χ1v) is 19.1. The van der Waals surface area contributed by atoms with E-state index in [-0.39, 0.29) is 17.7 Å². The van der Waals surface area contributed by atoms with Gasteiger partial charge in [0.1, 0.15) is 12.4 Å². The molecule has 0 bridgehead atoms. The van der Waals surface area contributed by atoms with Crippen LogP contribution >= 0.6 is 0 Å². The normalized spacial score (nSPS) is 17.7. The van der Waals surface area contributed by atoms with Gasteiger partial charge in [-0.2, -0.15) is 0 Å². The van der Waals surface area contributed by atoms with E-state index >= 15 is 0 Å². The minimum absolute atomic E-state index is 0.140. The Morgan fingerprint density at radius 3 is 2.00 bits per heavy atom. The van der Waals surface area contributed by atoms with Crippen LogP contribution in [0.4, 0.5) is 16.2 Å². The van der Waals surface area contributed by atoms with Gasteiger partial charge in [-0.1, -0.05) is 69.3 Å². The molecule has 8 heteroatoms. The number of benzene rings is 3. The second-order valence-electron chi connectivity index (χ2n) is 13.9. The van der Waals surface area contributed by atoms with Crippen LogP contribution in [0.1, 0.15) is 52.0 Å². The van der Waals surface area contributed by atoms with Gasteiger partial charge in [0.2, 0.25) is 8.32 Å². The molecular weight excluding hydrogens is 577 g/mol. The smallest absolute Gasteiger partial charge is 0.410 e. The maximum absolute atomic E-state index is 12.8. The molecule has 7 nitrogen and oxygen atoms in total. The first-order valence-electron chi connectivity index (χ1n) is 16.2. The van der Waals surface area contributed by atoms with Crippen molar-refractivity contribution in [2.24, 2.45) is 0 Å². The Morgan fingerprint density at radius 2 is 1.44 bits per heavy atom. The minimum atomic E-state index is -1.92. The molecule has 0 spiro atoms. The average molecular weight is 625 g/mol. The molecule has 238 valence electrons. The van der Waals surface area contributed by atoms with Gasteiger partial charge in [0.05, 0.1) is 12.8 Å². The van der Waals surface area contributed by atoms with Gasteiger partial charge < -0.3 is 19.0 Å². The number of hydrogen-bond acceptors (Lipinski definition) is 5. The summed E-state index contributed by atoms with van der Waals surface area (Å²) in [7, 11) is -1.92. The summed E-state index contributed by atoms with van der Waals surface area (Å²) in [6, 6.07) is 29.3. The fraction of sp³-hybridized carbons (Fsp3) is 0.459. The standard InChI is InChI=1S/C37H48N4O3Si/c1-36(2,3)45(5,6)44-34-19-17-32(18-20-34)41(31-15-11-8-12-16-31)33-21-25-40(26-22-33)37(38-4)23-27-39(28-24-37)35(42)43-29-30-13-9-7-10-14-30/h7-20,33H,21-29H2,1-3,5-6H3. The summed E-state index contributed by atoms with van der Waals surface area (Å²) < 4.78 is 12.1. The molecule has 0 unspecified atom stereocenters. The number of hydrogen-bond donors (Lipinski definition) is 0. The Labute approximate surface area is 270 Å². The summed E-state index contributed by atoms with van der Waals surface area (Å²) in [5, 5.41) is 0.140. The van der Waals surface area contributed by atoms with Gasteiger partial charge in [0.25, 0.3) is 5.66 Å². The summed E-state index contributed by atoms with van der Waals surface area (Å²) in [6.45, 7) is 22.6. The van der Waals surface area contributed by atoms with Crippen LogP contribution in [0.15, 0.2) is 84.9 Å². The van der Waals surface area contributed by atoms with E-state index in [2.05, 4.69) is 103 Å². The van der Waals surface area contributed by atoms with Crippen LogP contribution in [0.2, 0.25) is 18.1 Å². The Morgan fingerprint density at radius 1 is 0.889 bits per heavy atom. The van der Waals surface area contributed by atoms with Crippen LogP contribution in [0.3, 0.4) is 0 Å². The van der Waals surface area contributed by atoms with Crippen LogP contribution in [-0.4, -0.2) is 62.1 Å². The summed E-state index contributed by atoms with van der Waals surface area (Å²) in [5.41, 5.74) is 2.74. The highest BCUT2D eigenvalue weighted by Crippen LogP contribution is 2.40. The molecule has 2 fully saturated rings. The molecule has 0 radical (unpaired) electrons. The molecule has 3 aromatic rings. The number of anilines is 2. The molecule has 1 amide bonds. The number of ether oxygens (including phenoxy) is 1. The molecule has 5 rings (SSSR count). The highest BCUT2D eigenvalue weighted by Gasteiger charge is 2.48. The molecule has 45 heavy (non-hydrogen) atoms. The number of carbonyl (C=O) groups is 1. The quantitative estimate of drug-likeness (QED) is 0.185. The zero-order valence-corrected chi connectivity index (χ0v) is 28.5. The number of carbonyl (C=O) groups excluding carboxylic acids is 1. The number of rotatable bonds is 8. The third-order valence-corrected chi connectivity index (χ3v) is 14.3. The summed E-state index contributed by atoms with van der Waals surface area (Å²) in [5.74, 6) is 0.933. The van der Waals surface area contributed by atoms with Crippen molar-refractivity contribution in [2.45, 2.75) is 82.9 Å². The molecular formula is C37H48N4O3Si. The molecule has 3 aromatic carbocycles. The van der Waals surface area contributed by atoms with E-state index < -0.39 is 14.0 Å². The van der Waals surface area contributed by atoms with Crippen molar-refractivity contribution in [3.8, 4) is 5.75 Å². The van der Waals surface area contributed by atoms with E-state index in [0.717, 1.165) is 42.9 Å². The van der Waals surface area contributed by atoms with Crippen molar-refractivity contribution in [1.29, 1.82) is 0 Å². The molecule has 0 atom stereocenters. The second-order valence-corrected chi connectivity index (χ2v) is 18.6. The largest absolute Gasteiger partial charge is 0.544 e. The van der Waals surface area contributed by atoms with Crippen molar-refractivity contribution in [2.75, 3.05) is 31.1 Å². The van der Waals surface area contributed by atoms with Gasteiger partial charge in [-0.05, 0) is 72.9 Å². The molecule has 2 aliphatic heterocycles. The molecule has 0 saturated carbocycles. The lowest BCUT2D eigenvalue weighted by Crippen LogP contribution is -2.57. The number of likely N-dealkylation sites (tertiary alicyclic amines) is 2. The maximum atomic E-state index is 12.8. The lowest BCUT2D eigenvalue weighted by molar-refractivity contribution is 0.0280. The Balaban J connectivity index is 1.22. The van der Waals surface area contributed by atoms with Crippen molar-refractivity contribution < 1.29 is 14.0 Å². The van der Waals surface area contributed by atoms with E-state index in [1.807, 2.05) is 30.3 Å². The minimum Gasteiger partial charge on any atom is -0.544 e. The molecule has 0 aliphatic carbocycles. The van der Waals surface area contributed by atoms with E-state index in [1.165, 1.54) is 5.69 Å². The van der Waals surface area contributed by atoms with Gasteiger partial charge in [-0.15, -0.1) is 0 Å². The summed E-state index contributed by atoms with van der Waals surface area (Å²) in [6.07, 6.45) is 2.89. The predicted molar refractivity (Wildman–Crippen MR) is 184 cm³/mol. The van der Waals surface area contributed by atoms with Gasteiger partial charge in [0, 0.05) is 43.6 Å². The third-order valence-electron chi connectivity index (χ3n) is 9.98. The van der Waals surface area contributed by atoms with Crippen molar-refractivity contribution >= 4 is 25.8 Å². The second kappa shape index (κ2) is 13.7. The van der Waals surface area contributed by atoms with E-state index in [9.17, 15) is 4.79 Å². The lowest BCUT2D eigenvalue weighted by Gasteiger charge is -2.45. The SMILES string of the molecule is [C-]#[N+]C1(N2CCC(N(c3ccccc3)c3ccc(O[Si](C)(C)C(C)(C)C)cc3)CC2)CCN(C(=O)OCc2ccccc2)CC1. The topological polar surface area (TPSA) is 49.6 Å². The van der Waals surface area contributed by atoms with Gasteiger partial charge in [0.15, 0.2) is 0 Å². The molecule has 2 heterocycles. The highest BCUT2D eigenvalue weighted by atomic mass is 28.4. The van der Waals surface area contributed by atoms with E-state index in [1.54, 1.807) is 4.90 Å². The number of amides is 1.